The third kappa shape index (κ3) is 6.02. The molecule has 3 aromatic rings. The van der Waals surface area contributed by atoms with Crippen molar-refractivity contribution in [1.29, 1.82) is 0 Å². The lowest BCUT2D eigenvalue weighted by Gasteiger charge is -2.13. The molecule has 0 aliphatic rings. The first-order valence-corrected chi connectivity index (χ1v) is 10.5. The summed E-state index contributed by atoms with van der Waals surface area (Å²) in [6.07, 6.45) is 0.738. The van der Waals surface area contributed by atoms with Crippen molar-refractivity contribution in [3.63, 3.8) is 0 Å². The molecule has 0 saturated heterocycles. The number of carbonyl (C=O) groups is 2. The fraction of sp³-hybridized carbons (Fsp3) is 0.200. The highest BCUT2D eigenvalue weighted by molar-refractivity contribution is 6.31. The largest absolute Gasteiger partial charge is 0.493 e. The van der Waals surface area contributed by atoms with Gasteiger partial charge in [-0.3, -0.25) is 9.59 Å². The Hall–Kier alpha value is -3.51. The molecule has 3 rings (SSSR count). The number of rotatable bonds is 9. The Morgan fingerprint density at radius 3 is 2.38 bits per heavy atom. The van der Waals surface area contributed by atoms with Crippen molar-refractivity contribution < 1.29 is 19.1 Å². The quantitative estimate of drug-likeness (QED) is 0.500. The van der Waals surface area contributed by atoms with Gasteiger partial charge in [0.2, 0.25) is 5.91 Å². The molecule has 0 aromatic heterocycles. The van der Waals surface area contributed by atoms with Gasteiger partial charge in [-0.1, -0.05) is 48.0 Å². The summed E-state index contributed by atoms with van der Waals surface area (Å²) in [7, 11) is 3.17. The second kappa shape index (κ2) is 11.2. The first-order valence-electron chi connectivity index (χ1n) is 10.1. The number of benzene rings is 3. The highest BCUT2D eigenvalue weighted by Gasteiger charge is 2.14. The van der Waals surface area contributed by atoms with Gasteiger partial charge in [0.05, 0.1) is 31.9 Å². The van der Waals surface area contributed by atoms with Gasteiger partial charge in [-0.15, -0.1) is 0 Å². The topological polar surface area (TPSA) is 76.7 Å². The first kappa shape index (κ1) is 23.2. The second-order valence-electron chi connectivity index (χ2n) is 7.06. The molecular weight excluding hydrogens is 428 g/mol. The van der Waals surface area contributed by atoms with Gasteiger partial charge in [-0.25, -0.2) is 0 Å². The van der Waals surface area contributed by atoms with Crippen LogP contribution in [0.3, 0.4) is 0 Å². The van der Waals surface area contributed by atoms with Gasteiger partial charge in [-0.2, -0.15) is 0 Å². The molecule has 0 heterocycles. The molecule has 6 nitrogen and oxygen atoms in total. The Kier molecular flexibility index (Phi) is 8.11. The molecule has 0 unspecified atom stereocenters. The van der Waals surface area contributed by atoms with E-state index in [1.54, 1.807) is 50.6 Å². The van der Waals surface area contributed by atoms with Crippen LogP contribution in [0.25, 0.3) is 0 Å². The Balaban J connectivity index is 1.60. The van der Waals surface area contributed by atoms with Gasteiger partial charge >= 0.3 is 0 Å². The lowest BCUT2D eigenvalue weighted by Crippen LogP contribution is -2.27. The smallest absolute Gasteiger partial charge is 0.253 e. The van der Waals surface area contributed by atoms with E-state index in [4.69, 9.17) is 21.1 Å². The molecule has 0 radical (unpaired) electrons. The highest BCUT2D eigenvalue weighted by Crippen LogP contribution is 2.27. The lowest BCUT2D eigenvalue weighted by molar-refractivity contribution is -0.115. The molecule has 0 spiro atoms. The van der Waals surface area contributed by atoms with E-state index in [0.29, 0.717) is 40.7 Å². The number of amides is 2. The van der Waals surface area contributed by atoms with E-state index < -0.39 is 0 Å². The summed E-state index contributed by atoms with van der Waals surface area (Å²) in [4.78, 5) is 25.2. The van der Waals surface area contributed by atoms with Crippen LogP contribution in [0.5, 0.6) is 11.5 Å². The van der Waals surface area contributed by atoms with Crippen molar-refractivity contribution in [3.05, 3.63) is 88.4 Å². The zero-order valence-corrected chi connectivity index (χ0v) is 18.7. The van der Waals surface area contributed by atoms with Crippen LogP contribution in [0.4, 0.5) is 5.69 Å². The van der Waals surface area contributed by atoms with Crippen LogP contribution in [-0.2, 0) is 17.6 Å². The second-order valence-corrected chi connectivity index (χ2v) is 7.46. The molecule has 166 valence electrons. The van der Waals surface area contributed by atoms with E-state index >= 15 is 0 Å². The van der Waals surface area contributed by atoms with Gasteiger partial charge < -0.3 is 20.1 Å². The number of ether oxygens (including phenoxy) is 2. The minimum absolute atomic E-state index is 0.120. The maximum Gasteiger partial charge on any atom is 0.253 e. The number of halogens is 1. The average molecular weight is 453 g/mol. The van der Waals surface area contributed by atoms with Crippen molar-refractivity contribution in [3.8, 4) is 11.5 Å². The molecule has 0 aliphatic carbocycles. The van der Waals surface area contributed by atoms with Crippen LogP contribution in [0.2, 0.25) is 5.02 Å². The van der Waals surface area contributed by atoms with Crippen molar-refractivity contribution in [1.82, 2.24) is 5.32 Å². The number of para-hydroxylation sites is 1. The van der Waals surface area contributed by atoms with Gasteiger partial charge in [-0.05, 0) is 47.9 Å². The number of anilines is 1. The predicted molar refractivity (Wildman–Crippen MR) is 126 cm³/mol. The molecule has 2 amide bonds. The van der Waals surface area contributed by atoms with Gasteiger partial charge in [0.15, 0.2) is 11.5 Å². The van der Waals surface area contributed by atoms with Gasteiger partial charge in [0.1, 0.15) is 0 Å². The van der Waals surface area contributed by atoms with Gasteiger partial charge in [0.25, 0.3) is 5.91 Å². The van der Waals surface area contributed by atoms with Crippen LogP contribution in [0.1, 0.15) is 21.5 Å². The number of carbonyl (C=O) groups excluding carboxylic acids is 2. The molecule has 0 atom stereocenters. The van der Waals surface area contributed by atoms with Crippen LogP contribution >= 0.6 is 11.6 Å². The highest BCUT2D eigenvalue weighted by atomic mass is 35.5. The SMILES string of the molecule is COc1ccc(CCNC(=O)c2ccccc2NC(=O)Cc2ccccc2Cl)cc1OC. The third-order valence-corrected chi connectivity index (χ3v) is 5.27. The fourth-order valence-electron chi connectivity index (χ4n) is 3.25. The zero-order chi connectivity index (χ0) is 22.9. The molecule has 2 N–H and O–H groups in total. The number of methoxy groups -OCH3 is 2. The molecule has 7 heteroatoms. The summed E-state index contributed by atoms with van der Waals surface area (Å²) in [6.45, 7) is 0.427. The van der Waals surface area contributed by atoms with Crippen LogP contribution in [-0.4, -0.2) is 32.6 Å². The van der Waals surface area contributed by atoms with E-state index in [-0.39, 0.29) is 18.2 Å². The summed E-state index contributed by atoms with van der Waals surface area (Å²) in [5.74, 6) is 0.785. The number of hydrogen-bond donors (Lipinski definition) is 2. The first-order chi connectivity index (χ1) is 15.5. The molecule has 0 aliphatic heterocycles. The van der Waals surface area contributed by atoms with Crippen molar-refractivity contribution in [2.75, 3.05) is 26.1 Å². The van der Waals surface area contributed by atoms with E-state index in [2.05, 4.69) is 10.6 Å². The summed E-state index contributed by atoms with van der Waals surface area (Å²) in [5, 5.41) is 6.25. The standard InChI is InChI=1S/C25H25ClN2O4/c1-31-22-12-11-17(15-23(22)32-2)13-14-27-25(30)19-8-4-6-10-21(19)28-24(29)16-18-7-3-5-9-20(18)26/h3-12,15H,13-14,16H2,1-2H3,(H,27,30)(H,28,29). The summed E-state index contributed by atoms with van der Waals surface area (Å²) < 4.78 is 10.6. The fourth-order valence-corrected chi connectivity index (χ4v) is 3.45. The van der Waals surface area contributed by atoms with Crippen molar-refractivity contribution in [2.24, 2.45) is 0 Å². The Bertz CT molecular complexity index is 1100. The molecule has 0 fully saturated rings. The van der Waals surface area contributed by atoms with Crippen LogP contribution in [0.15, 0.2) is 66.7 Å². The number of hydrogen-bond acceptors (Lipinski definition) is 4. The Labute approximate surface area is 192 Å². The van der Waals surface area contributed by atoms with E-state index in [1.807, 2.05) is 30.3 Å². The van der Waals surface area contributed by atoms with Crippen molar-refractivity contribution in [2.45, 2.75) is 12.8 Å². The average Bonchev–Trinajstić information content (AvgIpc) is 2.80. The minimum Gasteiger partial charge on any atom is -0.493 e. The Morgan fingerprint density at radius 2 is 1.62 bits per heavy atom. The van der Waals surface area contributed by atoms with E-state index in [0.717, 1.165) is 11.1 Å². The van der Waals surface area contributed by atoms with Crippen molar-refractivity contribution >= 4 is 29.1 Å². The molecule has 0 bridgehead atoms. The Morgan fingerprint density at radius 1 is 0.906 bits per heavy atom. The summed E-state index contributed by atoms with van der Waals surface area (Å²) >= 11 is 6.14. The minimum atomic E-state index is -0.265. The van der Waals surface area contributed by atoms with E-state index in [1.165, 1.54) is 0 Å². The summed E-state index contributed by atoms with van der Waals surface area (Å²) in [5.41, 5.74) is 2.58. The lowest BCUT2D eigenvalue weighted by atomic mass is 10.1. The monoisotopic (exact) mass is 452 g/mol. The molecule has 32 heavy (non-hydrogen) atoms. The maximum atomic E-state index is 12.7. The van der Waals surface area contributed by atoms with Crippen LogP contribution in [0, 0.1) is 0 Å². The van der Waals surface area contributed by atoms with Gasteiger partial charge in [0, 0.05) is 11.6 Å². The molecule has 3 aromatic carbocycles. The predicted octanol–water partition coefficient (Wildman–Crippen LogP) is 4.51. The summed E-state index contributed by atoms with van der Waals surface area (Å²) in [6, 6.07) is 19.7. The number of nitrogens with one attached hydrogen (secondary N) is 2. The zero-order valence-electron chi connectivity index (χ0n) is 18.0. The van der Waals surface area contributed by atoms with Crippen LogP contribution < -0.4 is 20.1 Å². The third-order valence-electron chi connectivity index (χ3n) is 4.90. The van der Waals surface area contributed by atoms with E-state index in [9.17, 15) is 9.59 Å². The maximum absolute atomic E-state index is 12.7. The normalized spacial score (nSPS) is 10.3. The molecular formula is C25H25ClN2O4. The molecule has 0 saturated carbocycles.